The largest absolute Gasteiger partial charge is 0.494 e. The van der Waals surface area contributed by atoms with Crippen LogP contribution in [0.4, 0.5) is 0 Å². The summed E-state index contributed by atoms with van der Waals surface area (Å²) < 4.78 is 7.24. The van der Waals surface area contributed by atoms with Crippen LogP contribution in [0.1, 0.15) is 34.0 Å². The molecule has 1 fully saturated rings. The number of hydrogen-bond acceptors (Lipinski definition) is 5. The number of ether oxygens (including phenoxy) is 1. The van der Waals surface area contributed by atoms with Crippen LogP contribution in [0.15, 0.2) is 47.4 Å². The highest BCUT2D eigenvalue weighted by atomic mass is 35.5. The van der Waals surface area contributed by atoms with E-state index in [-0.39, 0.29) is 41.8 Å². The Balaban J connectivity index is 0.00000153. The Labute approximate surface area is 205 Å². The number of nitrogens with one attached hydrogen (secondary N) is 1. The Hall–Kier alpha value is -2.61. The third kappa shape index (κ3) is 4.45. The highest BCUT2D eigenvalue weighted by molar-refractivity contribution is 5.94. The molecule has 5 rings (SSSR count). The molecule has 33 heavy (non-hydrogen) atoms. The standard InChI is InChI=1S/C24H26N4O3.2ClH/c1-27(14-16-5-8-21(31-2)22-18(16)4-3-9-26-22)23(29)19-6-7-20-17-10-15(11-25-12-17)13-28(20)24(19)30;;/h3-9,15,17,25H,10-14H2,1-2H3;2*1H/t15-,17+;;/m0../s1. The van der Waals surface area contributed by atoms with Gasteiger partial charge in [-0.25, -0.2) is 0 Å². The molecule has 0 radical (unpaired) electrons. The van der Waals surface area contributed by atoms with Crippen molar-refractivity contribution < 1.29 is 9.53 Å². The van der Waals surface area contributed by atoms with E-state index in [0.29, 0.717) is 30.7 Å². The molecule has 1 N–H and O–H groups in total. The summed E-state index contributed by atoms with van der Waals surface area (Å²) in [7, 11) is 3.35. The fraction of sp³-hybridized carbons (Fsp3) is 0.375. The lowest BCUT2D eigenvalue weighted by Crippen LogP contribution is -2.46. The summed E-state index contributed by atoms with van der Waals surface area (Å²) in [6, 6.07) is 11.3. The SMILES string of the molecule is COc1ccc(CN(C)C(=O)c2ccc3n(c2=O)C[C@@H]2CNC[C@H]3C2)c2cccnc12.Cl.Cl. The number of methoxy groups -OCH3 is 1. The number of rotatable bonds is 4. The Morgan fingerprint density at radius 1 is 1.21 bits per heavy atom. The maximum atomic E-state index is 13.2. The molecule has 0 saturated carbocycles. The molecule has 1 saturated heterocycles. The molecule has 2 aliphatic heterocycles. The van der Waals surface area contributed by atoms with Gasteiger partial charge >= 0.3 is 0 Å². The summed E-state index contributed by atoms with van der Waals surface area (Å²) >= 11 is 0. The van der Waals surface area contributed by atoms with Crippen molar-refractivity contribution in [3.63, 3.8) is 0 Å². The minimum absolute atomic E-state index is 0. The zero-order valence-corrected chi connectivity index (χ0v) is 20.2. The molecular weight excluding hydrogens is 463 g/mol. The summed E-state index contributed by atoms with van der Waals surface area (Å²) in [6.45, 7) is 2.87. The molecule has 2 aliphatic rings. The molecule has 1 aromatic carbocycles. The van der Waals surface area contributed by atoms with E-state index in [4.69, 9.17) is 4.74 Å². The second-order valence-electron chi connectivity index (χ2n) is 8.53. The Morgan fingerprint density at radius 2 is 2.03 bits per heavy atom. The molecular formula is C24H28Cl2N4O3. The molecule has 0 unspecified atom stereocenters. The van der Waals surface area contributed by atoms with Crippen molar-refractivity contribution in [2.24, 2.45) is 5.92 Å². The number of amides is 1. The quantitative estimate of drug-likeness (QED) is 0.607. The number of fused-ring (bicyclic) bond motifs is 5. The maximum Gasteiger partial charge on any atom is 0.263 e. The number of aromatic nitrogens is 2. The van der Waals surface area contributed by atoms with Gasteiger partial charge in [0, 0.05) is 49.9 Å². The van der Waals surface area contributed by atoms with Crippen LogP contribution in [-0.4, -0.2) is 47.6 Å². The Morgan fingerprint density at radius 3 is 2.82 bits per heavy atom. The number of pyridine rings is 2. The topological polar surface area (TPSA) is 76.5 Å². The van der Waals surface area contributed by atoms with Crippen molar-refractivity contribution >= 4 is 41.6 Å². The van der Waals surface area contributed by atoms with Crippen LogP contribution in [0.2, 0.25) is 0 Å². The van der Waals surface area contributed by atoms with Crippen molar-refractivity contribution in [3.05, 3.63) is 69.8 Å². The lowest BCUT2D eigenvalue weighted by Gasteiger charge is -2.37. The minimum Gasteiger partial charge on any atom is -0.494 e. The smallest absolute Gasteiger partial charge is 0.263 e. The van der Waals surface area contributed by atoms with Gasteiger partial charge in [0.05, 0.1) is 7.11 Å². The lowest BCUT2D eigenvalue weighted by atomic mass is 9.84. The van der Waals surface area contributed by atoms with Crippen molar-refractivity contribution in [1.29, 1.82) is 0 Å². The number of benzene rings is 1. The van der Waals surface area contributed by atoms with Crippen LogP contribution in [-0.2, 0) is 13.1 Å². The van der Waals surface area contributed by atoms with Gasteiger partial charge in [0.1, 0.15) is 16.8 Å². The molecule has 2 bridgehead atoms. The first-order valence-corrected chi connectivity index (χ1v) is 10.7. The first kappa shape index (κ1) is 25.0. The van der Waals surface area contributed by atoms with E-state index in [1.807, 2.05) is 34.9 Å². The predicted molar refractivity (Wildman–Crippen MR) is 133 cm³/mol. The number of nitrogens with zero attached hydrogens (tertiary/aromatic N) is 3. The van der Waals surface area contributed by atoms with Crippen LogP contribution < -0.4 is 15.6 Å². The fourth-order valence-electron chi connectivity index (χ4n) is 4.99. The number of carbonyl (C=O) groups excluding carboxylic acids is 1. The zero-order valence-electron chi connectivity index (χ0n) is 18.6. The van der Waals surface area contributed by atoms with Crippen molar-refractivity contribution in [2.45, 2.75) is 25.4 Å². The molecule has 0 aliphatic carbocycles. The molecule has 2 atom stereocenters. The van der Waals surface area contributed by atoms with Crippen LogP contribution in [0.3, 0.4) is 0 Å². The van der Waals surface area contributed by atoms with Gasteiger partial charge in [-0.2, -0.15) is 0 Å². The molecule has 9 heteroatoms. The lowest BCUT2D eigenvalue weighted by molar-refractivity contribution is 0.0782. The van der Waals surface area contributed by atoms with Crippen LogP contribution in [0.25, 0.3) is 10.9 Å². The highest BCUT2D eigenvalue weighted by Crippen LogP contribution is 2.32. The number of carbonyl (C=O) groups is 1. The first-order chi connectivity index (χ1) is 15.1. The molecule has 4 heterocycles. The number of hydrogen-bond donors (Lipinski definition) is 1. The van der Waals surface area contributed by atoms with Gasteiger partial charge < -0.3 is 19.5 Å². The number of piperidine rings is 1. The molecule has 3 aromatic rings. The van der Waals surface area contributed by atoms with Gasteiger partial charge in [0.2, 0.25) is 0 Å². The van der Waals surface area contributed by atoms with Gasteiger partial charge in [0.25, 0.3) is 11.5 Å². The van der Waals surface area contributed by atoms with Crippen molar-refractivity contribution in [2.75, 3.05) is 27.2 Å². The van der Waals surface area contributed by atoms with Gasteiger partial charge in [-0.3, -0.25) is 14.6 Å². The normalized spacial score (nSPS) is 18.5. The molecule has 7 nitrogen and oxygen atoms in total. The van der Waals surface area contributed by atoms with E-state index >= 15 is 0 Å². The Bertz CT molecular complexity index is 1230. The second-order valence-corrected chi connectivity index (χ2v) is 8.53. The van der Waals surface area contributed by atoms with Gasteiger partial charge in [-0.05, 0) is 48.7 Å². The third-order valence-corrected chi connectivity index (χ3v) is 6.54. The zero-order chi connectivity index (χ0) is 21.5. The molecule has 2 aromatic heterocycles. The second kappa shape index (κ2) is 10.1. The van der Waals surface area contributed by atoms with Gasteiger partial charge in [-0.15, -0.1) is 24.8 Å². The van der Waals surface area contributed by atoms with E-state index < -0.39 is 0 Å². The fourth-order valence-corrected chi connectivity index (χ4v) is 4.99. The van der Waals surface area contributed by atoms with E-state index in [0.717, 1.165) is 41.7 Å². The average molecular weight is 491 g/mol. The minimum atomic E-state index is -0.262. The Kier molecular flexibility index (Phi) is 7.67. The predicted octanol–water partition coefficient (Wildman–Crippen LogP) is 3.23. The average Bonchev–Trinajstić information content (AvgIpc) is 2.80. The van der Waals surface area contributed by atoms with E-state index in [2.05, 4.69) is 10.3 Å². The van der Waals surface area contributed by atoms with Crippen molar-refractivity contribution in [3.8, 4) is 5.75 Å². The highest BCUT2D eigenvalue weighted by Gasteiger charge is 2.32. The molecule has 0 spiro atoms. The summed E-state index contributed by atoms with van der Waals surface area (Å²) in [5, 5.41) is 4.38. The van der Waals surface area contributed by atoms with E-state index in [1.165, 1.54) is 0 Å². The van der Waals surface area contributed by atoms with Crippen molar-refractivity contribution in [1.82, 2.24) is 19.8 Å². The van der Waals surface area contributed by atoms with E-state index in [1.54, 1.807) is 31.3 Å². The summed E-state index contributed by atoms with van der Waals surface area (Å²) in [5.41, 5.74) is 2.82. The first-order valence-electron chi connectivity index (χ1n) is 10.7. The van der Waals surface area contributed by atoms with E-state index in [9.17, 15) is 9.59 Å². The summed E-state index contributed by atoms with van der Waals surface area (Å²) in [4.78, 5) is 32.5. The number of halogens is 2. The third-order valence-electron chi connectivity index (χ3n) is 6.54. The van der Waals surface area contributed by atoms with Crippen LogP contribution in [0, 0.1) is 5.92 Å². The monoisotopic (exact) mass is 490 g/mol. The van der Waals surface area contributed by atoms with Crippen LogP contribution in [0.5, 0.6) is 5.75 Å². The van der Waals surface area contributed by atoms with Gasteiger partial charge in [-0.1, -0.05) is 12.1 Å². The summed E-state index contributed by atoms with van der Waals surface area (Å²) in [6.07, 6.45) is 2.83. The molecule has 176 valence electrons. The van der Waals surface area contributed by atoms with Crippen LogP contribution >= 0.6 is 24.8 Å². The maximum absolute atomic E-state index is 13.2. The summed E-state index contributed by atoms with van der Waals surface area (Å²) in [5.74, 6) is 1.23. The van der Waals surface area contributed by atoms with Gasteiger partial charge in [0.15, 0.2) is 0 Å². The molecule has 1 amide bonds.